The Hall–Kier alpha value is -5.47. The number of sulfone groups is 2. The first-order valence-corrected chi connectivity index (χ1v) is 32.1. The van der Waals surface area contributed by atoms with E-state index in [4.69, 9.17) is 16.1 Å². The molecular formula is C56H63ClF3N6O8PS3. The maximum absolute atomic E-state index is 15.0. The van der Waals surface area contributed by atoms with E-state index in [1.807, 2.05) is 99.6 Å². The van der Waals surface area contributed by atoms with E-state index < -0.39 is 55.5 Å². The third-order valence-electron chi connectivity index (χ3n) is 14.7. The summed E-state index contributed by atoms with van der Waals surface area (Å²) in [6.45, 7) is 10.2. The maximum atomic E-state index is 15.0. The highest BCUT2D eigenvalue weighted by Gasteiger charge is 2.49. The predicted molar refractivity (Wildman–Crippen MR) is 306 cm³/mol. The molecule has 2 atom stereocenters. The molecule has 4 heterocycles. The number of halogens is 4. The van der Waals surface area contributed by atoms with Crippen molar-refractivity contribution >= 4 is 84.6 Å². The molecule has 0 unspecified atom stereocenters. The fourth-order valence-corrected chi connectivity index (χ4v) is 16.4. The molecule has 2 N–H and O–H groups in total. The zero-order valence-electron chi connectivity index (χ0n) is 43.7. The van der Waals surface area contributed by atoms with Gasteiger partial charge in [-0.15, -0.1) is 11.8 Å². The van der Waals surface area contributed by atoms with Gasteiger partial charge in [0, 0.05) is 95.1 Å². The van der Waals surface area contributed by atoms with E-state index in [0.29, 0.717) is 92.8 Å². The molecule has 0 radical (unpaired) electrons. The van der Waals surface area contributed by atoms with Crippen LogP contribution in [0.2, 0.25) is 5.02 Å². The quantitative estimate of drug-likeness (QED) is 0.0618. The number of likely N-dealkylation sites (tertiary alicyclic amines) is 1. The van der Waals surface area contributed by atoms with Gasteiger partial charge in [0.1, 0.15) is 4.90 Å². The third-order valence-corrected chi connectivity index (χ3v) is 21.5. The van der Waals surface area contributed by atoms with Crippen LogP contribution in [0.5, 0.6) is 0 Å². The molecule has 0 bridgehead atoms. The number of rotatable bonds is 18. The van der Waals surface area contributed by atoms with Gasteiger partial charge in [-0.3, -0.25) is 14.0 Å². The average molecular weight is 1170 g/mol. The molecule has 6 aromatic rings. The normalized spacial score (nSPS) is 18.4. The number of carboxylic acids is 1. The van der Waals surface area contributed by atoms with Gasteiger partial charge in [-0.05, 0) is 143 Å². The van der Waals surface area contributed by atoms with Crippen LogP contribution >= 0.6 is 30.9 Å². The maximum Gasteiger partial charge on any atom is 0.501 e. The molecule has 78 heavy (non-hydrogen) atoms. The van der Waals surface area contributed by atoms with Crippen LogP contribution in [-0.4, -0.2) is 120 Å². The highest BCUT2D eigenvalue weighted by Crippen LogP contribution is 2.56. The van der Waals surface area contributed by atoms with E-state index in [0.717, 1.165) is 39.2 Å². The first-order valence-electron chi connectivity index (χ1n) is 25.8. The van der Waals surface area contributed by atoms with Gasteiger partial charge in [0.15, 0.2) is 9.84 Å². The highest BCUT2D eigenvalue weighted by atomic mass is 35.5. The Morgan fingerprint density at radius 2 is 1.45 bits per heavy atom. The largest absolute Gasteiger partial charge is 0.501 e. The molecule has 0 aliphatic carbocycles. The van der Waals surface area contributed by atoms with Gasteiger partial charge in [0.05, 0.1) is 40.7 Å². The van der Waals surface area contributed by atoms with Gasteiger partial charge in [-0.1, -0.05) is 54.1 Å². The van der Waals surface area contributed by atoms with Crippen molar-refractivity contribution in [3.8, 4) is 22.4 Å². The number of benzene rings is 5. The fraction of sp³-hybridized carbons (Fsp3) is 0.375. The lowest BCUT2D eigenvalue weighted by Gasteiger charge is -2.37. The van der Waals surface area contributed by atoms with Gasteiger partial charge < -0.3 is 34.2 Å². The monoisotopic (exact) mass is 1170 g/mol. The summed E-state index contributed by atoms with van der Waals surface area (Å²) in [7, 11) is -13.8. The second-order valence-corrected chi connectivity index (χ2v) is 27.9. The molecule has 3 aliphatic rings. The Morgan fingerprint density at radius 1 is 0.808 bits per heavy atom. The average Bonchev–Trinajstić information content (AvgIpc) is 4.13. The lowest BCUT2D eigenvalue weighted by Crippen LogP contribution is -2.46. The summed E-state index contributed by atoms with van der Waals surface area (Å²) in [6.07, 6.45) is 2.61. The first kappa shape index (κ1) is 57.2. The van der Waals surface area contributed by atoms with Gasteiger partial charge in [-0.2, -0.15) is 13.2 Å². The highest BCUT2D eigenvalue weighted by molar-refractivity contribution is 7.99. The lowest BCUT2D eigenvalue weighted by molar-refractivity contribution is -0.143. The van der Waals surface area contributed by atoms with Crippen LogP contribution in [0, 0.1) is 12.8 Å². The molecule has 0 spiro atoms. The van der Waals surface area contributed by atoms with Crippen molar-refractivity contribution in [2.24, 2.45) is 5.92 Å². The minimum absolute atomic E-state index is 0.0206. The van der Waals surface area contributed by atoms with Crippen LogP contribution in [-0.2, 0) is 33.6 Å². The molecule has 1 aromatic heterocycles. The molecular weight excluding hydrogens is 1100 g/mol. The number of thioether (sulfide) groups is 1. The SMILES string of the molecule is Cc1c(S(C)(=O)=O)c(-c2cccc(N3CCN(c4ccc(N5CCO[P@]5(=O)c5ccc(N[C@H](CCN6CCC(C(=O)O)CC6)CSc6ccccc6)c(S(=O)(=O)C(F)(F)F)c5)cc4)CC3)c2)c(-c2ccc(Cl)cc2)n1C(C)C. The molecule has 0 saturated carbocycles. The van der Waals surface area contributed by atoms with Gasteiger partial charge in [-0.25, -0.2) is 16.8 Å². The summed E-state index contributed by atoms with van der Waals surface area (Å²) >= 11 is 7.76. The van der Waals surface area contributed by atoms with Crippen LogP contribution in [0.25, 0.3) is 22.4 Å². The second-order valence-electron chi connectivity index (χ2n) is 20.2. The number of aliphatic carboxylic acids is 1. The number of alkyl halides is 3. The van der Waals surface area contributed by atoms with Gasteiger partial charge in [0.2, 0.25) is 0 Å². The van der Waals surface area contributed by atoms with Gasteiger partial charge in [0.25, 0.3) is 9.84 Å². The number of hydrogen-bond donors (Lipinski definition) is 2. The number of nitrogens with zero attached hydrogens (tertiary/aromatic N) is 5. The van der Waals surface area contributed by atoms with Crippen LogP contribution in [0.1, 0.15) is 44.8 Å². The van der Waals surface area contributed by atoms with Crippen molar-refractivity contribution in [3.05, 3.63) is 132 Å². The lowest BCUT2D eigenvalue weighted by atomic mass is 9.97. The first-order chi connectivity index (χ1) is 37.0. The number of anilines is 4. The van der Waals surface area contributed by atoms with E-state index in [1.165, 1.54) is 34.8 Å². The summed E-state index contributed by atoms with van der Waals surface area (Å²) in [5.41, 5.74) is 0.0604. The molecule has 3 fully saturated rings. The smallest absolute Gasteiger partial charge is 0.481 e. The van der Waals surface area contributed by atoms with E-state index >= 15 is 4.57 Å². The van der Waals surface area contributed by atoms with Crippen molar-refractivity contribution in [1.29, 1.82) is 0 Å². The summed E-state index contributed by atoms with van der Waals surface area (Å²) in [4.78, 5) is 18.3. The Balaban J connectivity index is 0.925. The Bertz CT molecular complexity index is 3410. The Kier molecular flexibility index (Phi) is 17.1. The van der Waals surface area contributed by atoms with E-state index in [1.54, 1.807) is 24.3 Å². The minimum Gasteiger partial charge on any atom is -0.481 e. The molecule has 3 saturated heterocycles. The number of carbonyl (C=O) groups is 1. The Labute approximate surface area is 463 Å². The molecule has 3 aliphatic heterocycles. The van der Waals surface area contributed by atoms with Crippen molar-refractivity contribution < 1.29 is 49.0 Å². The van der Waals surface area contributed by atoms with Crippen LogP contribution < -0.4 is 25.1 Å². The number of aromatic nitrogens is 1. The number of piperazine rings is 1. The summed E-state index contributed by atoms with van der Waals surface area (Å²) in [6, 6.07) is 35.0. The molecule has 416 valence electrons. The fourth-order valence-electron chi connectivity index (χ4n) is 10.8. The Morgan fingerprint density at radius 3 is 2.06 bits per heavy atom. The van der Waals surface area contributed by atoms with Crippen molar-refractivity contribution in [2.45, 2.75) is 72.3 Å². The van der Waals surface area contributed by atoms with Crippen molar-refractivity contribution in [3.63, 3.8) is 0 Å². The summed E-state index contributed by atoms with van der Waals surface area (Å²) in [5, 5.41) is 13.0. The molecule has 5 aromatic carbocycles. The van der Waals surface area contributed by atoms with Crippen molar-refractivity contribution in [1.82, 2.24) is 9.47 Å². The number of piperidine rings is 1. The van der Waals surface area contributed by atoms with Gasteiger partial charge >= 0.3 is 19.0 Å². The van der Waals surface area contributed by atoms with E-state index in [2.05, 4.69) is 24.6 Å². The van der Waals surface area contributed by atoms with E-state index in [9.17, 15) is 39.9 Å². The predicted octanol–water partition coefficient (Wildman–Crippen LogP) is 11.5. The topological polar surface area (TPSA) is 162 Å². The standard InChI is InChI=1S/C56H63ClF3N6O8PS3/c1-38(2)66-39(3)54(77(4,70)71)52(53(66)40-13-15-43(57)16-14-40)42-9-8-10-47(35-42)64-31-29-63(30-32-64)45-17-19-46(20-18-45)65-33-34-74-75(65,69)48-21-22-50(51(36-48)78(72,73)56(58,59)60)61-44(37-76-49-11-6-5-7-12-49)25-28-62-26-23-41(24-27-62)55(67)68/h5-22,35-36,38,41,44,61H,23-34,37H2,1-4H3,(H,67,68)/t44-,75-/m1/s1. The van der Waals surface area contributed by atoms with Crippen LogP contribution in [0.4, 0.5) is 35.9 Å². The molecule has 0 amide bonds. The molecule has 14 nitrogen and oxygen atoms in total. The third kappa shape index (κ3) is 12.1. The minimum atomic E-state index is -5.98. The molecule has 22 heteroatoms. The number of carboxylic acid groups (broad SMARTS) is 1. The van der Waals surface area contributed by atoms with Crippen molar-refractivity contribution in [2.75, 3.05) is 90.8 Å². The zero-order chi connectivity index (χ0) is 55.7. The van der Waals surface area contributed by atoms with Crippen LogP contribution in [0.15, 0.2) is 136 Å². The number of nitrogens with one attached hydrogen (secondary N) is 1. The molecule has 9 rings (SSSR count). The number of hydrogen-bond acceptors (Lipinski definition) is 12. The summed E-state index contributed by atoms with van der Waals surface area (Å²) < 4.78 is 122. The van der Waals surface area contributed by atoms with E-state index in [-0.39, 0.29) is 35.1 Å². The zero-order valence-corrected chi connectivity index (χ0v) is 47.8. The summed E-state index contributed by atoms with van der Waals surface area (Å²) in [5.74, 6) is -0.905. The van der Waals surface area contributed by atoms with Crippen LogP contribution in [0.3, 0.4) is 0 Å². The second kappa shape index (κ2) is 23.3.